The molecule has 0 heterocycles. The summed E-state index contributed by atoms with van der Waals surface area (Å²) in [5.74, 6) is 0.958. The second-order valence-electron chi connectivity index (χ2n) is 3.97. The maximum Gasteiger partial charge on any atom is 0.119 e. The summed E-state index contributed by atoms with van der Waals surface area (Å²) in [5, 5.41) is 0. The van der Waals surface area contributed by atoms with E-state index in [1.165, 1.54) is 31.2 Å². The van der Waals surface area contributed by atoms with Crippen molar-refractivity contribution in [1.29, 1.82) is 0 Å². The average molecular weight is 285 g/mol. The molecule has 0 aromatic heterocycles. The number of alkyl halides is 1. The number of unbranched alkanes of at least 4 members (excludes halogenated alkanes) is 2. The summed E-state index contributed by atoms with van der Waals surface area (Å²) >= 11 is 3.74. The predicted octanol–water partition coefficient (Wildman–Crippen LogP) is 5.10. The van der Waals surface area contributed by atoms with Crippen LogP contribution in [0.25, 0.3) is 0 Å². The van der Waals surface area contributed by atoms with Crippen LogP contribution in [-0.4, -0.2) is 6.61 Å². The second kappa shape index (κ2) is 7.72. The molecule has 1 unspecified atom stereocenters. The molecule has 2 heteroatoms. The molecule has 1 atom stereocenters. The molecule has 16 heavy (non-hydrogen) atoms. The van der Waals surface area contributed by atoms with Crippen molar-refractivity contribution in [2.24, 2.45) is 0 Å². The van der Waals surface area contributed by atoms with E-state index in [0.29, 0.717) is 4.83 Å². The molecule has 0 radical (unpaired) electrons. The Balaban J connectivity index is 2.46. The average Bonchev–Trinajstić information content (AvgIpc) is 2.30. The van der Waals surface area contributed by atoms with E-state index in [4.69, 9.17) is 4.74 Å². The maximum atomic E-state index is 5.42. The van der Waals surface area contributed by atoms with Crippen molar-refractivity contribution in [1.82, 2.24) is 0 Å². The van der Waals surface area contributed by atoms with Gasteiger partial charge in [-0.15, -0.1) is 0 Å². The summed E-state index contributed by atoms with van der Waals surface area (Å²) in [4.78, 5) is 0.481. The zero-order valence-electron chi connectivity index (χ0n) is 10.2. The monoisotopic (exact) mass is 284 g/mol. The molecule has 0 spiro atoms. The summed E-state index contributed by atoms with van der Waals surface area (Å²) in [6.07, 6.45) is 5.10. The molecule has 1 nitrogen and oxygen atoms in total. The predicted molar refractivity (Wildman–Crippen MR) is 73.4 cm³/mol. The highest BCUT2D eigenvalue weighted by Gasteiger charge is 2.06. The van der Waals surface area contributed by atoms with E-state index in [9.17, 15) is 0 Å². The minimum Gasteiger partial charge on any atom is -0.494 e. The van der Waals surface area contributed by atoms with Gasteiger partial charge in [0.1, 0.15) is 5.75 Å². The van der Waals surface area contributed by atoms with E-state index in [2.05, 4.69) is 35.0 Å². The van der Waals surface area contributed by atoms with Gasteiger partial charge < -0.3 is 4.74 Å². The Hall–Kier alpha value is -0.500. The molecule has 1 rings (SSSR count). The lowest BCUT2D eigenvalue weighted by Crippen LogP contribution is -1.93. The third kappa shape index (κ3) is 4.56. The molecule has 0 aliphatic rings. The van der Waals surface area contributed by atoms with Gasteiger partial charge in [-0.2, -0.15) is 0 Å². The van der Waals surface area contributed by atoms with Crippen molar-refractivity contribution in [2.75, 3.05) is 6.61 Å². The van der Waals surface area contributed by atoms with Crippen LogP contribution in [0.5, 0.6) is 5.75 Å². The van der Waals surface area contributed by atoms with Gasteiger partial charge in [0.25, 0.3) is 0 Å². The third-order valence-electron chi connectivity index (χ3n) is 2.61. The van der Waals surface area contributed by atoms with Crippen molar-refractivity contribution < 1.29 is 4.74 Å². The Morgan fingerprint density at radius 1 is 1.12 bits per heavy atom. The van der Waals surface area contributed by atoms with Gasteiger partial charge in [0.2, 0.25) is 0 Å². The van der Waals surface area contributed by atoms with Gasteiger partial charge in [0.15, 0.2) is 0 Å². The Kier molecular flexibility index (Phi) is 6.55. The molecule has 1 aromatic rings. The Labute approximate surface area is 107 Å². The highest BCUT2D eigenvalue weighted by molar-refractivity contribution is 9.09. The largest absolute Gasteiger partial charge is 0.494 e. The minimum absolute atomic E-state index is 0.481. The van der Waals surface area contributed by atoms with Crippen LogP contribution >= 0.6 is 15.9 Å². The summed E-state index contributed by atoms with van der Waals surface area (Å²) in [5.41, 5.74) is 1.35. The van der Waals surface area contributed by atoms with E-state index >= 15 is 0 Å². The van der Waals surface area contributed by atoms with Crippen LogP contribution in [0.3, 0.4) is 0 Å². The second-order valence-corrected chi connectivity index (χ2v) is 5.07. The fourth-order valence-corrected chi connectivity index (χ4v) is 2.31. The third-order valence-corrected chi connectivity index (χ3v) is 3.60. The summed E-state index contributed by atoms with van der Waals surface area (Å²) in [6.45, 7) is 4.97. The molecule has 0 aliphatic heterocycles. The first-order valence-electron chi connectivity index (χ1n) is 6.14. The van der Waals surface area contributed by atoms with Gasteiger partial charge in [-0.05, 0) is 31.0 Å². The molecule has 0 aliphatic carbocycles. The molecule has 0 N–H and O–H groups in total. The highest BCUT2D eigenvalue weighted by Crippen LogP contribution is 2.29. The van der Waals surface area contributed by atoms with Crippen molar-refractivity contribution in [3.8, 4) is 5.75 Å². The molecule has 0 amide bonds. The molecule has 0 saturated heterocycles. The van der Waals surface area contributed by atoms with Gasteiger partial charge >= 0.3 is 0 Å². The molecule has 1 aromatic carbocycles. The number of benzene rings is 1. The van der Waals surface area contributed by atoms with Crippen molar-refractivity contribution in [2.45, 2.75) is 44.4 Å². The lowest BCUT2D eigenvalue weighted by atomic mass is 10.1. The van der Waals surface area contributed by atoms with Gasteiger partial charge in [0, 0.05) is 4.83 Å². The van der Waals surface area contributed by atoms with Crippen molar-refractivity contribution >= 4 is 15.9 Å². The van der Waals surface area contributed by atoms with E-state index in [-0.39, 0.29) is 0 Å². The number of hydrogen-bond acceptors (Lipinski definition) is 1. The topological polar surface area (TPSA) is 9.23 Å². The van der Waals surface area contributed by atoms with Crippen LogP contribution in [0.15, 0.2) is 24.3 Å². The van der Waals surface area contributed by atoms with Crippen LogP contribution in [0, 0.1) is 0 Å². The van der Waals surface area contributed by atoms with Crippen molar-refractivity contribution in [3.05, 3.63) is 29.8 Å². The fourth-order valence-electron chi connectivity index (χ4n) is 1.68. The van der Waals surface area contributed by atoms with E-state index in [1.54, 1.807) is 0 Å². The minimum atomic E-state index is 0.481. The zero-order valence-corrected chi connectivity index (χ0v) is 11.8. The van der Waals surface area contributed by atoms with E-state index in [0.717, 1.165) is 12.4 Å². The Bertz CT molecular complexity index is 281. The SMILES string of the molecule is CCCCCC(Br)c1ccc(OCC)cc1. The Morgan fingerprint density at radius 3 is 2.38 bits per heavy atom. The van der Waals surface area contributed by atoms with Crippen LogP contribution in [0.1, 0.15) is 49.9 Å². The number of hydrogen-bond donors (Lipinski definition) is 0. The van der Waals surface area contributed by atoms with Gasteiger partial charge in [-0.3, -0.25) is 0 Å². The molecular formula is C14H21BrO. The lowest BCUT2D eigenvalue weighted by Gasteiger charge is -2.10. The molecule has 0 saturated carbocycles. The van der Waals surface area contributed by atoms with Gasteiger partial charge in [0.05, 0.1) is 6.61 Å². The quantitative estimate of drug-likeness (QED) is 0.500. The van der Waals surface area contributed by atoms with E-state index < -0.39 is 0 Å². The van der Waals surface area contributed by atoms with Crippen molar-refractivity contribution in [3.63, 3.8) is 0 Å². The van der Waals surface area contributed by atoms with Gasteiger partial charge in [-0.25, -0.2) is 0 Å². The molecule has 0 fully saturated rings. The first-order valence-corrected chi connectivity index (χ1v) is 7.06. The Morgan fingerprint density at radius 2 is 1.81 bits per heavy atom. The molecular weight excluding hydrogens is 264 g/mol. The smallest absolute Gasteiger partial charge is 0.119 e. The zero-order chi connectivity index (χ0) is 11.8. The number of rotatable bonds is 7. The summed E-state index contributed by atoms with van der Waals surface area (Å²) < 4.78 is 5.42. The molecule has 90 valence electrons. The number of halogens is 1. The first-order chi connectivity index (χ1) is 7.77. The summed E-state index contributed by atoms with van der Waals surface area (Å²) in [6, 6.07) is 8.40. The van der Waals surface area contributed by atoms with Crippen LogP contribution in [0.4, 0.5) is 0 Å². The van der Waals surface area contributed by atoms with E-state index in [1.807, 2.05) is 19.1 Å². The summed E-state index contributed by atoms with van der Waals surface area (Å²) in [7, 11) is 0. The fraction of sp³-hybridized carbons (Fsp3) is 0.571. The standard InChI is InChI=1S/C14H21BrO/c1-3-5-6-7-14(15)12-8-10-13(11-9-12)16-4-2/h8-11,14H,3-7H2,1-2H3. The van der Waals surface area contributed by atoms with Crippen LogP contribution in [-0.2, 0) is 0 Å². The van der Waals surface area contributed by atoms with Gasteiger partial charge in [-0.1, -0.05) is 54.2 Å². The highest BCUT2D eigenvalue weighted by atomic mass is 79.9. The molecule has 0 bridgehead atoms. The van der Waals surface area contributed by atoms with Crippen LogP contribution < -0.4 is 4.74 Å². The lowest BCUT2D eigenvalue weighted by molar-refractivity contribution is 0.340. The first kappa shape index (κ1) is 13.6. The van der Waals surface area contributed by atoms with Crippen LogP contribution in [0.2, 0.25) is 0 Å². The maximum absolute atomic E-state index is 5.42. The normalized spacial score (nSPS) is 12.4. The number of ether oxygens (including phenoxy) is 1.